The normalized spacial score (nSPS) is 16.3. The van der Waals surface area contributed by atoms with Gasteiger partial charge in [-0.15, -0.1) is 6.58 Å². The summed E-state index contributed by atoms with van der Waals surface area (Å²) in [5.74, 6) is 0. The first-order chi connectivity index (χ1) is 8.06. The number of hydrogen-bond acceptors (Lipinski definition) is 1. The first-order valence-electron chi connectivity index (χ1n) is 5.92. The number of alkyl halides is 3. The van der Waals surface area contributed by atoms with Gasteiger partial charge in [-0.3, -0.25) is 0 Å². The number of hydrogen-bond donors (Lipinski definition) is 1. The fourth-order valence-corrected chi connectivity index (χ4v) is 2.14. The molecule has 0 amide bonds. The molecule has 0 aromatic heterocycles. The maximum Gasteiger partial charge on any atom is 0.389 e. The zero-order valence-corrected chi connectivity index (χ0v) is 12.0. The predicted octanol–water partition coefficient (Wildman–Crippen LogP) is 3.72. The fraction of sp³-hybridized carbons (Fsp3) is 0.833. The highest BCUT2D eigenvalue weighted by molar-refractivity contribution is 7.84. The summed E-state index contributed by atoms with van der Waals surface area (Å²) in [5.41, 5.74) is 0. The Kier molecular flexibility index (Phi) is 7.14. The van der Waals surface area contributed by atoms with Crippen LogP contribution in [0.25, 0.3) is 0 Å². The first kappa shape index (κ1) is 17.6. The van der Waals surface area contributed by atoms with Crippen LogP contribution in [0.3, 0.4) is 0 Å². The van der Waals surface area contributed by atoms with Crippen molar-refractivity contribution in [3.8, 4) is 0 Å². The van der Waals surface area contributed by atoms with Gasteiger partial charge in [0.2, 0.25) is 0 Å². The Labute approximate surface area is 110 Å². The maximum absolute atomic E-state index is 12.2. The highest BCUT2D eigenvalue weighted by Crippen LogP contribution is 2.24. The lowest BCUT2D eigenvalue weighted by Crippen LogP contribution is -2.40. The first-order valence-corrected chi connectivity index (χ1v) is 7.07. The molecule has 0 radical (unpaired) electrons. The molecule has 108 valence electrons. The lowest BCUT2D eigenvalue weighted by molar-refractivity contribution is -0.136. The third kappa shape index (κ3) is 8.69. The average molecular weight is 285 g/mol. The van der Waals surface area contributed by atoms with Crippen LogP contribution in [-0.4, -0.2) is 21.2 Å². The van der Waals surface area contributed by atoms with E-state index < -0.39 is 34.4 Å². The minimum atomic E-state index is -4.17. The average Bonchev–Trinajstić information content (AvgIpc) is 2.19. The van der Waals surface area contributed by atoms with Crippen molar-refractivity contribution in [2.24, 2.45) is 0 Å². The summed E-state index contributed by atoms with van der Waals surface area (Å²) in [6.45, 7) is 8.89. The lowest BCUT2D eigenvalue weighted by atomic mass is 10.1. The Bertz CT molecular complexity index is 284. The Morgan fingerprint density at radius 3 is 2.22 bits per heavy atom. The molecule has 0 bridgehead atoms. The van der Waals surface area contributed by atoms with Gasteiger partial charge in [-0.05, 0) is 40.0 Å². The molecule has 2 atom stereocenters. The topological polar surface area (TPSA) is 29.1 Å². The standard InChI is InChI=1S/C12H22F3NOS/c1-5-6-7-10(8-9-12(13,14)15)16-18(17)11(2,3)4/h5,10,16H,1,6-9H2,2-4H3/t10-,18+/m1/s1. The van der Waals surface area contributed by atoms with Gasteiger partial charge in [0.15, 0.2) is 0 Å². The van der Waals surface area contributed by atoms with Gasteiger partial charge in [-0.1, -0.05) is 6.08 Å². The Balaban J connectivity index is 4.40. The smallest absolute Gasteiger partial charge is 0.242 e. The van der Waals surface area contributed by atoms with Gasteiger partial charge in [0, 0.05) is 12.5 Å². The molecule has 0 aliphatic rings. The Morgan fingerprint density at radius 2 is 1.83 bits per heavy atom. The highest BCUT2D eigenvalue weighted by atomic mass is 32.2. The van der Waals surface area contributed by atoms with Crippen LogP contribution in [0.5, 0.6) is 0 Å². The molecule has 0 aliphatic carbocycles. The second-order valence-corrected chi connectivity index (χ2v) is 7.21. The summed E-state index contributed by atoms with van der Waals surface area (Å²) < 4.78 is 50.7. The zero-order chi connectivity index (χ0) is 14.4. The van der Waals surface area contributed by atoms with Crippen LogP contribution in [0.2, 0.25) is 0 Å². The third-order valence-electron chi connectivity index (χ3n) is 2.33. The van der Waals surface area contributed by atoms with Crippen LogP contribution in [0.1, 0.15) is 46.5 Å². The summed E-state index contributed by atoms with van der Waals surface area (Å²) >= 11 is 0. The van der Waals surface area contributed by atoms with Crippen molar-refractivity contribution < 1.29 is 17.4 Å². The van der Waals surface area contributed by atoms with E-state index in [4.69, 9.17) is 0 Å². The van der Waals surface area contributed by atoms with Gasteiger partial charge in [-0.2, -0.15) is 13.2 Å². The third-order valence-corrected chi connectivity index (χ3v) is 3.99. The van der Waals surface area contributed by atoms with Crippen molar-refractivity contribution in [2.75, 3.05) is 0 Å². The second-order valence-electron chi connectivity index (χ2n) is 5.22. The van der Waals surface area contributed by atoms with E-state index in [1.165, 1.54) is 0 Å². The van der Waals surface area contributed by atoms with Crippen molar-refractivity contribution in [1.29, 1.82) is 0 Å². The second kappa shape index (κ2) is 7.28. The zero-order valence-electron chi connectivity index (χ0n) is 11.1. The molecule has 0 rings (SSSR count). The van der Waals surface area contributed by atoms with E-state index >= 15 is 0 Å². The van der Waals surface area contributed by atoms with Gasteiger partial charge in [0.05, 0.1) is 15.7 Å². The van der Waals surface area contributed by atoms with Crippen LogP contribution < -0.4 is 4.72 Å². The summed E-state index contributed by atoms with van der Waals surface area (Å²) in [7, 11) is -1.35. The number of allylic oxidation sites excluding steroid dienone is 1. The van der Waals surface area contributed by atoms with Crippen LogP contribution in [0.4, 0.5) is 13.2 Å². The van der Waals surface area contributed by atoms with Crippen molar-refractivity contribution >= 4 is 11.0 Å². The molecular weight excluding hydrogens is 263 g/mol. The summed E-state index contributed by atoms with van der Waals surface area (Å²) in [6.07, 6.45) is -2.31. The quantitative estimate of drug-likeness (QED) is 0.710. The van der Waals surface area contributed by atoms with E-state index in [1.54, 1.807) is 26.8 Å². The van der Waals surface area contributed by atoms with Crippen LogP contribution in [0, 0.1) is 0 Å². The maximum atomic E-state index is 12.2. The van der Waals surface area contributed by atoms with E-state index in [-0.39, 0.29) is 6.42 Å². The molecule has 2 nitrogen and oxygen atoms in total. The summed E-state index contributed by atoms with van der Waals surface area (Å²) in [5, 5.41) is 0. The number of nitrogens with one attached hydrogen (secondary N) is 1. The molecule has 0 heterocycles. The molecule has 0 unspecified atom stereocenters. The van der Waals surface area contributed by atoms with Gasteiger partial charge in [-0.25, -0.2) is 8.93 Å². The summed E-state index contributed by atoms with van der Waals surface area (Å²) in [6, 6.07) is -0.398. The molecule has 6 heteroatoms. The van der Waals surface area contributed by atoms with E-state index in [0.29, 0.717) is 12.8 Å². The van der Waals surface area contributed by atoms with Gasteiger partial charge in [0.25, 0.3) is 0 Å². The van der Waals surface area contributed by atoms with Crippen molar-refractivity contribution in [3.63, 3.8) is 0 Å². The molecule has 18 heavy (non-hydrogen) atoms. The molecule has 0 aliphatic heterocycles. The van der Waals surface area contributed by atoms with Crippen molar-refractivity contribution in [1.82, 2.24) is 4.72 Å². The molecule has 1 N–H and O–H groups in total. The van der Waals surface area contributed by atoms with Gasteiger partial charge < -0.3 is 0 Å². The Hall–Kier alpha value is -0.360. The molecule has 0 aromatic rings. The number of halogens is 3. The van der Waals surface area contributed by atoms with E-state index in [9.17, 15) is 17.4 Å². The van der Waals surface area contributed by atoms with Crippen molar-refractivity contribution in [2.45, 2.75) is 63.4 Å². The number of rotatable bonds is 7. The van der Waals surface area contributed by atoms with Gasteiger partial charge in [0.1, 0.15) is 0 Å². The fourth-order valence-electron chi connectivity index (χ4n) is 1.25. The minimum absolute atomic E-state index is 0.0564. The highest BCUT2D eigenvalue weighted by Gasteiger charge is 2.29. The molecule has 0 aromatic carbocycles. The molecule has 0 spiro atoms. The lowest BCUT2D eigenvalue weighted by Gasteiger charge is -2.24. The SMILES string of the molecule is C=CCC[C@H](CCC(F)(F)F)N[S@@](=O)C(C)(C)C. The Morgan fingerprint density at radius 1 is 1.28 bits per heavy atom. The molecular formula is C12H22F3NOS. The van der Waals surface area contributed by atoms with Crippen LogP contribution in [-0.2, 0) is 11.0 Å². The summed E-state index contributed by atoms with van der Waals surface area (Å²) in [4.78, 5) is 0. The van der Waals surface area contributed by atoms with E-state index in [2.05, 4.69) is 11.3 Å². The van der Waals surface area contributed by atoms with E-state index in [0.717, 1.165) is 0 Å². The predicted molar refractivity (Wildman–Crippen MR) is 69.5 cm³/mol. The van der Waals surface area contributed by atoms with Crippen LogP contribution >= 0.6 is 0 Å². The van der Waals surface area contributed by atoms with Gasteiger partial charge >= 0.3 is 6.18 Å². The molecule has 0 saturated heterocycles. The molecule has 0 saturated carbocycles. The molecule has 0 fully saturated rings. The van der Waals surface area contributed by atoms with E-state index in [1.807, 2.05) is 0 Å². The minimum Gasteiger partial charge on any atom is -0.242 e. The van der Waals surface area contributed by atoms with Crippen molar-refractivity contribution in [3.05, 3.63) is 12.7 Å². The largest absolute Gasteiger partial charge is 0.389 e. The monoisotopic (exact) mass is 285 g/mol. The van der Waals surface area contributed by atoms with Crippen LogP contribution in [0.15, 0.2) is 12.7 Å².